The number of rotatable bonds is 2. The van der Waals surface area contributed by atoms with Crippen LogP contribution in [-0.2, 0) is 0 Å². The molecule has 0 aliphatic heterocycles. The third-order valence-corrected chi connectivity index (χ3v) is 2.31. The van der Waals surface area contributed by atoms with Crippen LogP contribution < -0.4 is 5.63 Å². The van der Waals surface area contributed by atoms with Crippen molar-refractivity contribution in [3.63, 3.8) is 0 Å². The molecule has 0 saturated heterocycles. The fourth-order valence-electron chi connectivity index (χ4n) is 1.33. The molecule has 1 aromatic heterocycles. The van der Waals surface area contributed by atoms with Crippen LogP contribution in [0.4, 0.5) is 0 Å². The lowest BCUT2D eigenvalue weighted by Gasteiger charge is -1.98. The van der Waals surface area contributed by atoms with Crippen LogP contribution >= 0.6 is 11.6 Å². The Balaban J connectivity index is 2.73. The van der Waals surface area contributed by atoms with Gasteiger partial charge in [0.25, 0.3) is 0 Å². The van der Waals surface area contributed by atoms with Gasteiger partial charge in [0, 0.05) is 5.39 Å². The summed E-state index contributed by atoms with van der Waals surface area (Å²) in [6.45, 7) is 0. The van der Waals surface area contributed by atoms with Crippen LogP contribution in [0.25, 0.3) is 11.0 Å². The van der Waals surface area contributed by atoms with Gasteiger partial charge in [-0.3, -0.25) is 4.79 Å². The summed E-state index contributed by atoms with van der Waals surface area (Å²) < 4.78 is 4.98. The number of fused-ring (bicyclic) bond motifs is 1. The zero-order chi connectivity index (χ0) is 10.8. The number of Topliss-reactive ketones (excluding diaryl/α,β-unsaturated/α-hetero) is 1. The second kappa shape index (κ2) is 3.87. The van der Waals surface area contributed by atoms with Gasteiger partial charge in [-0.05, 0) is 12.1 Å². The standard InChI is InChI=1S/C11H7ClO3/c12-6-9(13)8-5-7-3-1-2-4-10(7)15-11(8)14/h1-5H,6H2. The topological polar surface area (TPSA) is 47.3 Å². The van der Waals surface area contributed by atoms with Gasteiger partial charge in [0.05, 0.1) is 5.88 Å². The maximum Gasteiger partial charge on any atom is 0.347 e. The normalized spacial score (nSPS) is 10.5. The van der Waals surface area contributed by atoms with E-state index in [1.165, 1.54) is 6.07 Å². The first-order valence-electron chi connectivity index (χ1n) is 4.34. The quantitative estimate of drug-likeness (QED) is 0.445. The molecule has 0 fully saturated rings. The molecule has 1 heterocycles. The highest BCUT2D eigenvalue weighted by Gasteiger charge is 2.11. The average molecular weight is 223 g/mol. The molecule has 0 aliphatic rings. The van der Waals surface area contributed by atoms with Crippen molar-refractivity contribution in [2.24, 2.45) is 0 Å². The highest BCUT2D eigenvalue weighted by atomic mass is 35.5. The number of halogens is 1. The average Bonchev–Trinajstić information content (AvgIpc) is 2.27. The Morgan fingerprint density at radius 3 is 2.80 bits per heavy atom. The molecule has 0 bridgehead atoms. The SMILES string of the molecule is O=C(CCl)c1cc2ccccc2oc1=O. The van der Waals surface area contributed by atoms with E-state index in [2.05, 4.69) is 0 Å². The minimum atomic E-state index is -0.639. The number of alkyl halides is 1. The van der Waals surface area contributed by atoms with E-state index in [-0.39, 0.29) is 11.4 Å². The maximum atomic E-state index is 11.4. The van der Waals surface area contributed by atoms with E-state index in [9.17, 15) is 9.59 Å². The largest absolute Gasteiger partial charge is 0.422 e. The fourth-order valence-corrected chi connectivity index (χ4v) is 1.47. The first kappa shape index (κ1) is 9.93. The van der Waals surface area contributed by atoms with Crippen molar-refractivity contribution in [3.8, 4) is 0 Å². The Kier molecular flexibility index (Phi) is 2.56. The van der Waals surface area contributed by atoms with Gasteiger partial charge in [-0.15, -0.1) is 11.6 Å². The van der Waals surface area contributed by atoms with Crippen molar-refractivity contribution < 1.29 is 9.21 Å². The Hall–Kier alpha value is -1.61. The summed E-state index contributed by atoms with van der Waals surface area (Å²) in [5.41, 5.74) is -0.170. The molecule has 0 saturated carbocycles. The number of carbonyl (C=O) groups excluding carboxylic acids is 1. The van der Waals surface area contributed by atoms with Gasteiger partial charge < -0.3 is 4.42 Å². The van der Waals surface area contributed by atoms with Crippen molar-refractivity contribution in [3.05, 3.63) is 46.3 Å². The second-order valence-corrected chi connectivity index (χ2v) is 3.31. The van der Waals surface area contributed by atoms with E-state index in [0.717, 1.165) is 0 Å². The van der Waals surface area contributed by atoms with Crippen LogP contribution in [-0.4, -0.2) is 11.7 Å². The Bertz CT molecular complexity index is 571. The number of para-hydroxylation sites is 1. The van der Waals surface area contributed by atoms with Gasteiger partial charge in [-0.2, -0.15) is 0 Å². The summed E-state index contributed by atoms with van der Waals surface area (Å²) in [4.78, 5) is 22.7. The lowest BCUT2D eigenvalue weighted by Crippen LogP contribution is -2.14. The van der Waals surface area contributed by atoms with Crippen LogP contribution in [0, 0.1) is 0 Å². The molecular weight excluding hydrogens is 216 g/mol. The van der Waals surface area contributed by atoms with E-state index >= 15 is 0 Å². The number of ketones is 1. The molecule has 2 rings (SSSR count). The smallest absolute Gasteiger partial charge is 0.347 e. The minimum Gasteiger partial charge on any atom is -0.422 e. The molecule has 1 aromatic carbocycles. The lowest BCUT2D eigenvalue weighted by atomic mass is 10.1. The van der Waals surface area contributed by atoms with Crippen molar-refractivity contribution in [1.82, 2.24) is 0 Å². The molecule has 0 unspecified atom stereocenters. The molecule has 0 amide bonds. The molecular formula is C11H7ClO3. The third-order valence-electron chi connectivity index (χ3n) is 2.06. The molecule has 2 aromatic rings. The number of benzene rings is 1. The highest BCUT2D eigenvalue weighted by Crippen LogP contribution is 2.12. The molecule has 0 radical (unpaired) electrons. The molecule has 0 N–H and O–H groups in total. The maximum absolute atomic E-state index is 11.4. The summed E-state index contributed by atoms with van der Waals surface area (Å²) in [6.07, 6.45) is 0. The Morgan fingerprint density at radius 1 is 1.33 bits per heavy atom. The Morgan fingerprint density at radius 2 is 2.07 bits per heavy atom. The van der Waals surface area contributed by atoms with Crippen molar-refractivity contribution in [2.45, 2.75) is 0 Å². The van der Waals surface area contributed by atoms with Crippen LogP contribution in [0.5, 0.6) is 0 Å². The minimum absolute atomic E-state index is 0.00343. The van der Waals surface area contributed by atoms with E-state index in [1.807, 2.05) is 0 Å². The van der Waals surface area contributed by atoms with Crippen LogP contribution in [0.3, 0.4) is 0 Å². The summed E-state index contributed by atoms with van der Waals surface area (Å²) in [5.74, 6) is -0.639. The fraction of sp³-hybridized carbons (Fsp3) is 0.0909. The zero-order valence-electron chi connectivity index (χ0n) is 7.70. The van der Waals surface area contributed by atoms with E-state index in [4.69, 9.17) is 16.0 Å². The predicted octanol–water partition coefficient (Wildman–Crippen LogP) is 2.21. The monoisotopic (exact) mass is 222 g/mol. The Labute approximate surface area is 90.3 Å². The lowest BCUT2D eigenvalue weighted by molar-refractivity contribution is 0.101. The van der Waals surface area contributed by atoms with Crippen molar-refractivity contribution in [1.29, 1.82) is 0 Å². The summed E-state index contributed by atoms with van der Waals surface area (Å²) in [5, 5.41) is 0.713. The van der Waals surface area contributed by atoms with Crippen LogP contribution in [0.1, 0.15) is 10.4 Å². The first-order chi connectivity index (χ1) is 7.22. The summed E-state index contributed by atoms with van der Waals surface area (Å²) >= 11 is 5.38. The summed E-state index contributed by atoms with van der Waals surface area (Å²) in [6, 6.07) is 8.51. The van der Waals surface area contributed by atoms with Gasteiger partial charge in [-0.25, -0.2) is 4.79 Å². The second-order valence-electron chi connectivity index (χ2n) is 3.04. The van der Waals surface area contributed by atoms with Gasteiger partial charge in [0.2, 0.25) is 0 Å². The van der Waals surface area contributed by atoms with E-state index in [0.29, 0.717) is 11.0 Å². The molecule has 76 valence electrons. The zero-order valence-corrected chi connectivity index (χ0v) is 8.45. The van der Waals surface area contributed by atoms with Gasteiger partial charge in [0.1, 0.15) is 11.1 Å². The van der Waals surface area contributed by atoms with Crippen molar-refractivity contribution >= 4 is 28.4 Å². The number of hydrogen-bond acceptors (Lipinski definition) is 3. The van der Waals surface area contributed by atoms with Gasteiger partial charge >= 0.3 is 5.63 Å². The first-order valence-corrected chi connectivity index (χ1v) is 4.88. The van der Waals surface area contributed by atoms with Crippen LogP contribution in [0.15, 0.2) is 39.5 Å². The number of hydrogen-bond donors (Lipinski definition) is 0. The molecule has 0 atom stereocenters. The van der Waals surface area contributed by atoms with Crippen molar-refractivity contribution in [2.75, 3.05) is 5.88 Å². The molecule has 0 spiro atoms. The molecule has 3 nitrogen and oxygen atoms in total. The van der Waals surface area contributed by atoms with Gasteiger partial charge in [0.15, 0.2) is 5.78 Å². The van der Waals surface area contributed by atoms with E-state index < -0.39 is 11.4 Å². The predicted molar refractivity (Wildman–Crippen MR) is 57.5 cm³/mol. The molecule has 4 heteroatoms. The van der Waals surface area contributed by atoms with Gasteiger partial charge in [-0.1, -0.05) is 18.2 Å². The third kappa shape index (κ3) is 1.78. The molecule has 15 heavy (non-hydrogen) atoms. The summed E-state index contributed by atoms with van der Waals surface area (Å²) in [7, 11) is 0. The molecule has 0 aliphatic carbocycles. The highest BCUT2D eigenvalue weighted by molar-refractivity contribution is 6.30. The number of carbonyl (C=O) groups is 1. The van der Waals surface area contributed by atoms with E-state index in [1.54, 1.807) is 24.3 Å². The van der Waals surface area contributed by atoms with Crippen LogP contribution in [0.2, 0.25) is 0 Å².